The van der Waals surface area contributed by atoms with Crippen molar-refractivity contribution in [2.24, 2.45) is 4.99 Å². The first kappa shape index (κ1) is 20.7. The maximum Gasteiger partial charge on any atom is 0.191 e. The van der Waals surface area contributed by atoms with Crippen LogP contribution in [0.25, 0.3) is 0 Å². The normalized spacial score (nSPS) is 11.7. The van der Waals surface area contributed by atoms with Crippen molar-refractivity contribution in [2.75, 3.05) is 26.0 Å². The lowest BCUT2D eigenvalue weighted by molar-refractivity contribution is 0.368. The predicted molar refractivity (Wildman–Crippen MR) is 108 cm³/mol. The summed E-state index contributed by atoms with van der Waals surface area (Å²) in [5, 5.41) is 10.5. The number of hydrogen-bond acceptors (Lipinski definition) is 4. The third kappa shape index (κ3) is 5.70. The zero-order valence-corrected chi connectivity index (χ0v) is 16.8. The van der Waals surface area contributed by atoms with Crippen LogP contribution in [0.2, 0.25) is 0 Å². The molecule has 2 N–H and O–H groups in total. The van der Waals surface area contributed by atoms with Crippen LogP contribution in [0.15, 0.2) is 33.8 Å². The van der Waals surface area contributed by atoms with Crippen molar-refractivity contribution in [3.05, 3.63) is 47.1 Å². The Balaban J connectivity index is 1.88. The number of nitrogens with zero attached hydrogens (tertiary/aromatic N) is 3. The fraction of sp³-hybridized carbons (Fsp3) is 0.500. The lowest BCUT2D eigenvalue weighted by Gasteiger charge is -2.15. The summed E-state index contributed by atoms with van der Waals surface area (Å²) in [7, 11) is 5.33. The second-order valence-corrected chi connectivity index (χ2v) is 6.69. The lowest BCUT2D eigenvalue weighted by Crippen LogP contribution is -2.36. The molecule has 6 nitrogen and oxygen atoms in total. The van der Waals surface area contributed by atoms with Crippen LogP contribution in [-0.2, 0) is 13.1 Å². The Morgan fingerprint density at radius 3 is 2.48 bits per heavy atom. The summed E-state index contributed by atoms with van der Waals surface area (Å²) in [5.41, 5.74) is 2.41. The van der Waals surface area contributed by atoms with Crippen molar-refractivity contribution >= 4 is 11.6 Å². The van der Waals surface area contributed by atoms with Gasteiger partial charge in [-0.1, -0.05) is 25.1 Å². The van der Waals surface area contributed by atoms with Crippen LogP contribution < -0.4 is 15.5 Å². The molecule has 0 saturated carbocycles. The molecular weight excluding hydrogens is 345 g/mol. The van der Waals surface area contributed by atoms with E-state index in [9.17, 15) is 4.39 Å². The molecule has 0 saturated heterocycles. The zero-order valence-electron chi connectivity index (χ0n) is 16.8. The molecule has 1 aromatic heterocycles. The fourth-order valence-electron chi connectivity index (χ4n) is 2.91. The first-order chi connectivity index (χ1) is 13.0. The lowest BCUT2D eigenvalue weighted by atomic mass is 9.99. The number of halogens is 1. The van der Waals surface area contributed by atoms with E-state index < -0.39 is 0 Å². The molecule has 0 bridgehead atoms. The van der Waals surface area contributed by atoms with Gasteiger partial charge in [-0.15, -0.1) is 0 Å². The summed E-state index contributed by atoms with van der Waals surface area (Å²) in [6.07, 6.45) is 2.09. The van der Waals surface area contributed by atoms with E-state index in [0.29, 0.717) is 30.7 Å². The van der Waals surface area contributed by atoms with E-state index in [1.165, 1.54) is 6.07 Å². The molecule has 0 aliphatic rings. The molecule has 1 heterocycles. The number of anilines is 1. The second kappa shape index (κ2) is 9.94. The molecule has 2 rings (SSSR count). The van der Waals surface area contributed by atoms with Gasteiger partial charge in [0.25, 0.3) is 0 Å². The highest BCUT2D eigenvalue weighted by molar-refractivity contribution is 5.79. The van der Waals surface area contributed by atoms with E-state index in [2.05, 4.69) is 34.6 Å². The third-order valence-electron chi connectivity index (χ3n) is 4.59. The Hall–Kier alpha value is -2.57. The van der Waals surface area contributed by atoms with Crippen molar-refractivity contribution < 1.29 is 8.91 Å². The van der Waals surface area contributed by atoms with Crippen molar-refractivity contribution in [3.63, 3.8) is 0 Å². The minimum Gasteiger partial charge on any atom is -0.375 e. The molecule has 27 heavy (non-hydrogen) atoms. The number of aromatic nitrogens is 1. The molecule has 0 aliphatic heterocycles. The molecule has 2 aromatic rings. The average molecular weight is 375 g/mol. The van der Waals surface area contributed by atoms with Gasteiger partial charge in [-0.3, -0.25) is 4.99 Å². The van der Waals surface area contributed by atoms with Crippen LogP contribution in [0.3, 0.4) is 0 Å². The highest BCUT2D eigenvalue weighted by atomic mass is 19.1. The fourth-order valence-corrected chi connectivity index (χ4v) is 2.91. The number of hydrogen-bond donors (Lipinski definition) is 2. The monoisotopic (exact) mass is 375 g/mol. The molecule has 1 aromatic carbocycles. The van der Waals surface area contributed by atoms with Gasteiger partial charge < -0.3 is 20.1 Å². The Morgan fingerprint density at radius 2 is 1.89 bits per heavy atom. The largest absolute Gasteiger partial charge is 0.375 e. The van der Waals surface area contributed by atoms with Crippen molar-refractivity contribution in [1.82, 2.24) is 15.8 Å². The Labute approximate surface area is 160 Å². The SMILES string of the molecule is CCC(CC)c1cc(CNC(=NC)NCc2ccc(N(C)C)c(F)c2)on1. The summed E-state index contributed by atoms with van der Waals surface area (Å²) in [6, 6.07) is 7.20. The summed E-state index contributed by atoms with van der Waals surface area (Å²) in [5.74, 6) is 1.58. The molecule has 0 atom stereocenters. The van der Waals surface area contributed by atoms with E-state index in [4.69, 9.17) is 4.52 Å². The minimum atomic E-state index is -0.238. The minimum absolute atomic E-state index is 0.238. The van der Waals surface area contributed by atoms with Crippen LogP contribution in [0.1, 0.15) is 49.6 Å². The zero-order chi connectivity index (χ0) is 19.8. The first-order valence-corrected chi connectivity index (χ1v) is 9.34. The van der Waals surface area contributed by atoms with Gasteiger partial charge in [0, 0.05) is 39.7 Å². The van der Waals surface area contributed by atoms with Gasteiger partial charge in [0.15, 0.2) is 11.7 Å². The molecule has 0 aliphatic carbocycles. The van der Waals surface area contributed by atoms with Gasteiger partial charge in [0.05, 0.1) is 17.9 Å². The Bertz CT molecular complexity index is 753. The Kier molecular flexibility index (Phi) is 7.64. The van der Waals surface area contributed by atoms with Gasteiger partial charge in [-0.05, 0) is 30.5 Å². The maximum atomic E-state index is 14.1. The van der Waals surface area contributed by atoms with Crippen molar-refractivity contribution in [3.8, 4) is 0 Å². The van der Waals surface area contributed by atoms with Gasteiger partial charge in [0.1, 0.15) is 5.82 Å². The third-order valence-corrected chi connectivity index (χ3v) is 4.59. The molecule has 0 spiro atoms. The van der Waals surface area contributed by atoms with Gasteiger partial charge >= 0.3 is 0 Å². The maximum absolute atomic E-state index is 14.1. The number of nitrogens with one attached hydrogen (secondary N) is 2. The number of guanidine groups is 1. The van der Waals surface area contributed by atoms with E-state index >= 15 is 0 Å². The summed E-state index contributed by atoms with van der Waals surface area (Å²) < 4.78 is 19.5. The van der Waals surface area contributed by atoms with Gasteiger partial charge in [0.2, 0.25) is 0 Å². The quantitative estimate of drug-likeness (QED) is 0.545. The van der Waals surface area contributed by atoms with Crippen molar-refractivity contribution in [1.29, 1.82) is 0 Å². The number of benzene rings is 1. The summed E-state index contributed by atoms with van der Waals surface area (Å²) in [4.78, 5) is 5.94. The van der Waals surface area contributed by atoms with Crippen LogP contribution in [0.5, 0.6) is 0 Å². The summed E-state index contributed by atoms with van der Waals surface area (Å²) in [6.45, 7) is 5.27. The smallest absolute Gasteiger partial charge is 0.191 e. The molecule has 0 fully saturated rings. The van der Waals surface area contributed by atoms with Crippen LogP contribution in [0.4, 0.5) is 10.1 Å². The average Bonchev–Trinajstić information content (AvgIpc) is 3.11. The van der Waals surface area contributed by atoms with E-state index in [0.717, 1.165) is 29.9 Å². The number of aliphatic imine (C=N–C) groups is 1. The highest BCUT2D eigenvalue weighted by Crippen LogP contribution is 2.22. The number of rotatable bonds is 8. The molecule has 0 unspecified atom stereocenters. The van der Waals surface area contributed by atoms with Crippen molar-refractivity contribution in [2.45, 2.75) is 45.7 Å². The van der Waals surface area contributed by atoms with E-state index in [1.54, 1.807) is 18.0 Å². The summed E-state index contributed by atoms with van der Waals surface area (Å²) >= 11 is 0. The molecule has 0 radical (unpaired) electrons. The van der Waals surface area contributed by atoms with Crippen LogP contribution in [-0.4, -0.2) is 32.3 Å². The molecule has 148 valence electrons. The van der Waals surface area contributed by atoms with Gasteiger partial charge in [-0.2, -0.15) is 0 Å². The molecular formula is C20H30FN5O. The standard InChI is InChI=1S/C20H30FN5O/c1-6-15(7-2)18-11-16(27-25-18)13-24-20(22-3)23-12-14-8-9-19(26(4)5)17(21)10-14/h8-11,15H,6-7,12-13H2,1-5H3,(H2,22,23,24). The molecule has 7 heteroatoms. The first-order valence-electron chi connectivity index (χ1n) is 9.34. The highest BCUT2D eigenvalue weighted by Gasteiger charge is 2.13. The van der Waals surface area contributed by atoms with E-state index in [1.807, 2.05) is 26.2 Å². The van der Waals surface area contributed by atoms with Crippen LogP contribution in [0, 0.1) is 5.82 Å². The predicted octanol–water partition coefficient (Wildman–Crippen LogP) is 3.65. The topological polar surface area (TPSA) is 65.7 Å². The van der Waals surface area contributed by atoms with Gasteiger partial charge in [-0.25, -0.2) is 4.39 Å². The van der Waals surface area contributed by atoms with Crippen LogP contribution >= 0.6 is 0 Å². The second-order valence-electron chi connectivity index (χ2n) is 6.69. The van der Waals surface area contributed by atoms with E-state index in [-0.39, 0.29) is 5.82 Å². The molecule has 0 amide bonds. The Morgan fingerprint density at radius 1 is 1.19 bits per heavy atom.